The largest absolute Gasteiger partial charge is 0.357 e. The molecule has 194 valence electrons. The summed E-state index contributed by atoms with van der Waals surface area (Å²) in [6, 6.07) is 25.0. The zero-order valence-corrected chi connectivity index (χ0v) is 21.9. The molecule has 7 rings (SSSR count). The van der Waals surface area contributed by atoms with E-state index >= 15 is 0 Å². The summed E-state index contributed by atoms with van der Waals surface area (Å²) >= 11 is 0. The fourth-order valence-corrected chi connectivity index (χ4v) is 6.75. The predicted molar refractivity (Wildman–Crippen MR) is 153 cm³/mol. The number of imidazole rings is 1. The number of para-hydroxylation sites is 3. The van der Waals surface area contributed by atoms with Crippen molar-refractivity contribution >= 4 is 21.9 Å². The van der Waals surface area contributed by atoms with E-state index < -0.39 is 0 Å². The summed E-state index contributed by atoms with van der Waals surface area (Å²) in [5, 5.41) is 5.13. The Bertz CT molecular complexity index is 1460. The molecule has 1 atom stereocenters. The first kappa shape index (κ1) is 23.6. The summed E-state index contributed by atoms with van der Waals surface area (Å²) < 4.78 is 0. The molecule has 0 amide bonds. The van der Waals surface area contributed by atoms with Gasteiger partial charge in [-0.1, -0.05) is 36.4 Å². The molecule has 3 heterocycles. The Labute approximate surface area is 223 Å². The average Bonchev–Trinajstić information content (AvgIpc) is 3.58. The van der Waals surface area contributed by atoms with Crippen LogP contribution in [-0.4, -0.2) is 36.9 Å². The lowest BCUT2D eigenvalue weighted by molar-refractivity contribution is 0.0728. The number of fused-ring (bicyclic) bond motifs is 3. The number of H-pyrrole nitrogens is 2. The molecule has 2 aliphatic carbocycles. The van der Waals surface area contributed by atoms with Crippen LogP contribution in [0, 0.1) is 0 Å². The predicted octanol–water partition coefficient (Wildman–Crippen LogP) is 6.42. The van der Waals surface area contributed by atoms with E-state index in [1.807, 2.05) is 6.20 Å². The van der Waals surface area contributed by atoms with E-state index in [0.717, 1.165) is 36.4 Å². The summed E-state index contributed by atoms with van der Waals surface area (Å²) in [6.45, 7) is 1.74. The molecule has 38 heavy (non-hydrogen) atoms. The maximum Gasteiger partial charge on any atom is 0.121 e. The first-order valence-electron chi connectivity index (χ1n) is 14.2. The molecule has 0 saturated heterocycles. The Morgan fingerprint density at radius 2 is 1.71 bits per heavy atom. The quantitative estimate of drug-likeness (QED) is 0.239. The second-order valence-corrected chi connectivity index (χ2v) is 11.1. The van der Waals surface area contributed by atoms with Gasteiger partial charge in [0, 0.05) is 36.0 Å². The Kier molecular flexibility index (Phi) is 6.44. The number of rotatable bonds is 7. The van der Waals surface area contributed by atoms with E-state index in [9.17, 15) is 0 Å². The molecule has 2 aromatic carbocycles. The normalized spacial score (nSPS) is 21.8. The second-order valence-electron chi connectivity index (χ2n) is 11.1. The zero-order valence-electron chi connectivity index (χ0n) is 21.9. The highest BCUT2D eigenvalue weighted by Crippen LogP contribution is 2.38. The van der Waals surface area contributed by atoms with Crippen LogP contribution in [0.4, 0.5) is 0 Å². The molecule has 0 spiro atoms. The molecule has 6 nitrogen and oxygen atoms in total. The van der Waals surface area contributed by atoms with Crippen LogP contribution in [0.2, 0.25) is 0 Å². The molecule has 0 aliphatic heterocycles. The van der Waals surface area contributed by atoms with Gasteiger partial charge < -0.3 is 15.3 Å². The van der Waals surface area contributed by atoms with E-state index in [4.69, 9.17) is 9.97 Å². The SMILES string of the molecule is c1cnc2c(c1)CCCC2N(Cc1nc2ccccc2[nH]1)[C@H]1CC[C@H](NCc2cc3ccccc3[nH]2)CC1. The van der Waals surface area contributed by atoms with Crippen molar-refractivity contribution in [2.45, 2.75) is 76.2 Å². The summed E-state index contributed by atoms with van der Waals surface area (Å²) in [5.41, 5.74) is 7.37. The molecule has 5 aromatic rings. The number of aryl methyl sites for hydroxylation is 1. The molecule has 3 aromatic heterocycles. The van der Waals surface area contributed by atoms with Gasteiger partial charge in [0.15, 0.2) is 0 Å². The highest BCUT2D eigenvalue weighted by molar-refractivity contribution is 5.80. The van der Waals surface area contributed by atoms with Crippen LogP contribution in [0.3, 0.4) is 0 Å². The van der Waals surface area contributed by atoms with Gasteiger partial charge in [-0.25, -0.2) is 4.98 Å². The smallest absolute Gasteiger partial charge is 0.121 e. The minimum absolute atomic E-state index is 0.356. The molecular formula is C32H36N6. The first-order valence-corrected chi connectivity index (χ1v) is 14.2. The molecule has 2 aliphatic rings. The van der Waals surface area contributed by atoms with Crippen LogP contribution < -0.4 is 5.32 Å². The van der Waals surface area contributed by atoms with Crippen LogP contribution in [0.25, 0.3) is 21.9 Å². The number of hydrogen-bond donors (Lipinski definition) is 3. The van der Waals surface area contributed by atoms with Crippen molar-refractivity contribution in [1.29, 1.82) is 0 Å². The van der Waals surface area contributed by atoms with Crippen molar-refractivity contribution in [3.63, 3.8) is 0 Å². The lowest BCUT2D eigenvalue weighted by Gasteiger charge is -2.42. The summed E-state index contributed by atoms with van der Waals surface area (Å²) in [6.07, 6.45) is 10.3. The number of nitrogens with zero attached hydrogens (tertiary/aromatic N) is 3. The van der Waals surface area contributed by atoms with Gasteiger partial charge in [0.2, 0.25) is 0 Å². The number of hydrogen-bond acceptors (Lipinski definition) is 4. The fraction of sp³-hybridized carbons (Fsp3) is 0.375. The number of benzene rings is 2. The van der Waals surface area contributed by atoms with Crippen LogP contribution in [0.15, 0.2) is 72.9 Å². The number of aromatic amines is 2. The number of pyridine rings is 1. The Hall–Kier alpha value is -3.48. The van der Waals surface area contributed by atoms with Crippen LogP contribution in [-0.2, 0) is 19.5 Å². The molecule has 1 fully saturated rings. The van der Waals surface area contributed by atoms with Gasteiger partial charge in [0.05, 0.1) is 29.3 Å². The third-order valence-corrected chi connectivity index (χ3v) is 8.67. The lowest BCUT2D eigenvalue weighted by Crippen LogP contribution is -2.44. The van der Waals surface area contributed by atoms with E-state index in [1.54, 1.807) is 0 Å². The molecule has 1 unspecified atom stereocenters. The highest BCUT2D eigenvalue weighted by atomic mass is 15.2. The van der Waals surface area contributed by atoms with Crippen molar-refractivity contribution < 1.29 is 0 Å². The minimum Gasteiger partial charge on any atom is -0.357 e. The molecule has 0 bridgehead atoms. The van der Waals surface area contributed by atoms with Crippen LogP contribution in [0.5, 0.6) is 0 Å². The maximum atomic E-state index is 4.96. The van der Waals surface area contributed by atoms with E-state index in [0.29, 0.717) is 18.1 Å². The van der Waals surface area contributed by atoms with Crippen LogP contribution >= 0.6 is 0 Å². The summed E-state index contributed by atoms with van der Waals surface area (Å²) in [4.78, 5) is 19.8. The monoisotopic (exact) mass is 504 g/mol. The minimum atomic E-state index is 0.356. The fourth-order valence-electron chi connectivity index (χ4n) is 6.75. The van der Waals surface area contributed by atoms with Crippen molar-refractivity contribution in [3.8, 4) is 0 Å². The molecule has 1 saturated carbocycles. The van der Waals surface area contributed by atoms with Crippen molar-refractivity contribution in [2.75, 3.05) is 0 Å². The van der Waals surface area contributed by atoms with Gasteiger partial charge in [-0.2, -0.15) is 0 Å². The highest BCUT2D eigenvalue weighted by Gasteiger charge is 2.34. The van der Waals surface area contributed by atoms with Gasteiger partial charge in [0.25, 0.3) is 0 Å². The molecule has 3 N–H and O–H groups in total. The van der Waals surface area contributed by atoms with Gasteiger partial charge in [0.1, 0.15) is 5.82 Å². The van der Waals surface area contributed by atoms with Gasteiger partial charge >= 0.3 is 0 Å². The standard InChI is InChI=1S/C32H36N6/c1-2-10-27-23(7-1)19-25(35-27)20-34-24-14-16-26(17-15-24)38(21-31-36-28-11-3-4-12-29(28)37-31)30-13-5-8-22-9-6-18-33-32(22)30/h1-4,6-7,9-12,18-19,24,26,30,34-35H,5,8,13-17,20-21H2,(H,36,37)/t24-,26-,30?. The maximum absolute atomic E-state index is 4.96. The van der Waals surface area contributed by atoms with E-state index in [1.165, 1.54) is 66.4 Å². The molecule has 0 radical (unpaired) electrons. The Balaban J connectivity index is 1.07. The average molecular weight is 505 g/mol. The lowest BCUT2D eigenvalue weighted by atomic mass is 9.85. The third-order valence-electron chi connectivity index (χ3n) is 8.67. The summed E-state index contributed by atoms with van der Waals surface area (Å²) in [5.74, 6) is 1.06. The number of aromatic nitrogens is 4. The second kappa shape index (κ2) is 10.4. The van der Waals surface area contributed by atoms with Crippen molar-refractivity contribution in [2.24, 2.45) is 0 Å². The number of nitrogens with one attached hydrogen (secondary N) is 3. The Morgan fingerprint density at radius 3 is 2.58 bits per heavy atom. The van der Waals surface area contributed by atoms with Crippen molar-refractivity contribution in [3.05, 3.63) is 95.7 Å². The summed E-state index contributed by atoms with van der Waals surface area (Å²) in [7, 11) is 0. The molecular weight excluding hydrogens is 468 g/mol. The first-order chi connectivity index (χ1) is 18.8. The molecule has 6 heteroatoms. The Morgan fingerprint density at radius 1 is 0.868 bits per heavy atom. The third kappa shape index (κ3) is 4.74. The van der Waals surface area contributed by atoms with Crippen molar-refractivity contribution in [1.82, 2.24) is 30.2 Å². The zero-order chi connectivity index (χ0) is 25.3. The van der Waals surface area contributed by atoms with Crippen LogP contribution in [0.1, 0.15) is 67.3 Å². The van der Waals surface area contributed by atoms with Gasteiger partial charge in [-0.05, 0) is 86.2 Å². The van der Waals surface area contributed by atoms with E-state index in [-0.39, 0.29) is 0 Å². The van der Waals surface area contributed by atoms with Gasteiger partial charge in [-0.15, -0.1) is 0 Å². The topological polar surface area (TPSA) is 72.6 Å². The van der Waals surface area contributed by atoms with E-state index in [2.05, 4.69) is 86.9 Å². The van der Waals surface area contributed by atoms with Gasteiger partial charge in [-0.3, -0.25) is 9.88 Å².